The van der Waals surface area contributed by atoms with Crippen molar-refractivity contribution < 1.29 is 0 Å². The SMILES string of the molecule is CC(C)=CCC[C@@H](C)CCC[C@@H](C)CCC/C(C)=C/CC/C=C(\C)CCC[C@H](C)CCC[C@H](C)CCCC(C)C. The van der Waals surface area contributed by atoms with Crippen LogP contribution in [0.5, 0.6) is 0 Å². The number of hydrogen-bond acceptors (Lipinski definition) is 0. The van der Waals surface area contributed by atoms with Gasteiger partial charge in [-0.15, -0.1) is 0 Å². The molecule has 0 amide bonds. The molecule has 236 valence electrons. The van der Waals surface area contributed by atoms with Crippen molar-refractivity contribution in [1.29, 1.82) is 0 Å². The average Bonchev–Trinajstić information content (AvgIpc) is 2.86. The van der Waals surface area contributed by atoms with Crippen LogP contribution in [0.2, 0.25) is 0 Å². The van der Waals surface area contributed by atoms with Gasteiger partial charge in [-0.25, -0.2) is 0 Å². The highest BCUT2D eigenvalue weighted by Gasteiger charge is 2.08. The van der Waals surface area contributed by atoms with Crippen molar-refractivity contribution in [3.05, 3.63) is 34.9 Å². The summed E-state index contributed by atoms with van der Waals surface area (Å²) in [6, 6.07) is 0. The van der Waals surface area contributed by atoms with Crippen molar-refractivity contribution in [2.45, 2.75) is 191 Å². The Balaban J connectivity index is 3.83. The quantitative estimate of drug-likeness (QED) is 0.0734. The Bertz CT molecular complexity index is 656. The number of allylic oxidation sites excluding steroid dienone is 6. The maximum Gasteiger partial charge on any atom is -0.0313 e. The second-order valence-electron chi connectivity index (χ2n) is 14.9. The molecule has 4 atom stereocenters. The van der Waals surface area contributed by atoms with Crippen molar-refractivity contribution >= 4 is 0 Å². The minimum absolute atomic E-state index is 0.867. The van der Waals surface area contributed by atoms with Gasteiger partial charge in [-0.1, -0.05) is 147 Å². The van der Waals surface area contributed by atoms with Crippen LogP contribution in [-0.4, -0.2) is 0 Å². The first-order valence-corrected chi connectivity index (χ1v) is 17.9. The number of unbranched alkanes of at least 4 members (excludes halogenated alkanes) is 1. The Morgan fingerprint density at radius 2 is 0.750 bits per heavy atom. The van der Waals surface area contributed by atoms with Crippen molar-refractivity contribution in [3.63, 3.8) is 0 Å². The summed E-state index contributed by atoms with van der Waals surface area (Å²) < 4.78 is 0. The highest BCUT2D eigenvalue weighted by molar-refractivity contribution is 5.02. The van der Waals surface area contributed by atoms with E-state index in [9.17, 15) is 0 Å². The first-order chi connectivity index (χ1) is 19.0. The molecule has 0 bridgehead atoms. The number of rotatable bonds is 26. The molecule has 0 aromatic carbocycles. The van der Waals surface area contributed by atoms with Gasteiger partial charge < -0.3 is 0 Å². The van der Waals surface area contributed by atoms with E-state index in [0.29, 0.717) is 0 Å². The monoisotopic (exact) mass is 557 g/mol. The molecule has 0 nitrogen and oxygen atoms in total. The standard InChI is InChI=1S/C40H76/c1-33(2)19-13-23-37(7)27-17-31-39(9)29-15-25-35(5)21-11-12-22-36(6)26-16-30-40(10)32-18-28-38(8)24-14-20-34(3)4/h19,21-22,34,37-40H,11-18,20,23-32H2,1-10H3/b35-21+,36-22+/t37-,38-,39+,40+/m1/s1. The zero-order chi connectivity index (χ0) is 30.2. The fourth-order valence-electron chi connectivity index (χ4n) is 6.06. The summed E-state index contributed by atoms with van der Waals surface area (Å²) in [5.74, 6) is 4.44. The highest BCUT2D eigenvalue weighted by atomic mass is 14.1. The molecule has 0 fully saturated rings. The van der Waals surface area contributed by atoms with E-state index in [-0.39, 0.29) is 0 Å². The van der Waals surface area contributed by atoms with E-state index >= 15 is 0 Å². The lowest BCUT2D eigenvalue weighted by Crippen LogP contribution is -2.00. The van der Waals surface area contributed by atoms with Crippen LogP contribution in [0.1, 0.15) is 191 Å². The first kappa shape index (κ1) is 39.2. The van der Waals surface area contributed by atoms with Crippen molar-refractivity contribution in [2.24, 2.45) is 29.6 Å². The van der Waals surface area contributed by atoms with E-state index in [4.69, 9.17) is 0 Å². The summed E-state index contributed by atoms with van der Waals surface area (Å²) in [7, 11) is 0. The van der Waals surface area contributed by atoms with Crippen LogP contribution in [0.3, 0.4) is 0 Å². The minimum Gasteiger partial charge on any atom is -0.0859 e. The molecule has 0 radical (unpaired) electrons. The molecular formula is C40H76. The third-order valence-electron chi connectivity index (χ3n) is 9.17. The molecule has 0 saturated carbocycles. The predicted molar refractivity (Wildman–Crippen MR) is 186 cm³/mol. The van der Waals surface area contributed by atoms with E-state index in [1.54, 1.807) is 11.1 Å². The Morgan fingerprint density at radius 1 is 0.400 bits per heavy atom. The van der Waals surface area contributed by atoms with Crippen LogP contribution in [0.4, 0.5) is 0 Å². The Kier molecular flexibility index (Phi) is 25.4. The molecule has 40 heavy (non-hydrogen) atoms. The fourth-order valence-corrected chi connectivity index (χ4v) is 6.06. The van der Waals surface area contributed by atoms with Gasteiger partial charge in [0.1, 0.15) is 0 Å². The summed E-state index contributed by atoms with van der Waals surface area (Å²) in [5, 5.41) is 0. The molecule has 0 heteroatoms. The molecule has 0 unspecified atom stereocenters. The van der Waals surface area contributed by atoms with Gasteiger partial charge in [0.15, 0.2) is 0 Å². The Morgan fingerprint density at radius 3 is 1.12 bits per heavy atom. The Labute approximate surface area is 255 Å². The van der Waals surface area contributed by atoms with E-state index < -0.39 is 0 Å². The second kappa shape index (κ2) is 25.9. The minimum atomic E-state index is 0.867. The topological polar surface area (TPSA) is 0 Å². The maximum atomic E-state index is 2.51. The van der Waals surface area contributed by atoms with Gasteiger partial charge in [0.2, 0.25) is 0 Å². The van der Waals surface area contributed by atoms with Gasteiger partial charge in [0.05, 0.1) is 0 Å². The lowest BCUT2D eigenvalue weighted by atomic mass is 9.91. The lowest BCUT2D eigenvalue weighted by molar-refractivity contribution is 0.389. The van der Waals surface area contributed by atoms with Crippen LogP contribution >= 0.6 is 0 Å². The van der Waals surface area contributed by atoms with E-state index in [1.165, 1.54) is 128 Å². The number of hydrogen-bond donors (Lipinski definition) is 0. The molecule has 0 rings (SSSR count). The van der Waals surface area contributed by atoms with Crippen LogP contribution in [-0.2, 0) is 0 Å². The van der Waals surface area contributed by atoms with E-state index in [0.717, 1.165) is 29.6 Å². The molecule has 0 N–H and O–H groups in total. The molecule has 0 aliphatic heterocycles. The zero-order valence-electron chi connectivity index (χ0n) is 29.6. The normalized spacial score (nSPS) is 15.8. The second-order valence-corrected chi connectivity index (χ2v) is 14.9. The highest BCUT2D eigenvalue weighted by Crippen LogP contribution is 2.23. The average molecular weight is 557 g/mol. The molecule has 0 aromatic rings. The van der Waals surface area contributed by atoms with Crippen LogP contribution in [0.25, 0.3) is 0 Å². The largest absolute Gasteiger partial charge is 0.0859 e. The summed E-state index contributed by atoms with van der Waals surface area (Å²) in [4.78, 5) is 0. The smallest absolute Gasteiger partial charge is 0.0313 e. The van der Waals surface area contributed by atoms with Gasteiger partial charge in [-0.05, 0) is 109 Å². The van der Waals surface area contributed by atoms with Crippen molar-refractivity contribution in [1.82, 2.24) is 0 Å². The molecule has 0 aliphatic rings. The van der Waals surface area contributed by atoms with Gasteiger partial charge in [-0.3, -0.25) is 0 Å². The molecule has 0 heterocycles. The zero-order valence-corrected chi connectivity index (χ0v) is 29.6. The molecular weight excluding hydrogens is 480 g/mol. The van der Waals surface area contributed by atoms with E-state index in [1.807, 2.05) is 0 Å². The molecule has 0 saturated heterocycles. The van der Waals surface area contributed by atoms with Gasteiger partial charge in [0, 0.05) is 0 Å². The summed E-state index contributed by atoms with van der Waals surface area (Å²) in [6.07, 6.45) is 33.4. The van der Waals surface area contributed by atoms with Crippen LogP contribution < -0.4 is 0 Å². The maximum absolute atomic E-state index is 2.51. The third kappa shape index (κ3) is 27.4. The van der Waals surface area contributed by atoms with Gasteiger partial charge >= 0.3 is 0 Å². The molecule has 0 aliphatic carbocycles. The predicted octanol–water partition coefficient (Wildman–Crippen LogP) is 14.5. The summed E-state index contributed by atoms with van der Waals surface area (Å²) in [6.45, 7) is 23.7. The molecule has 0 aromatic heterocycles. The lowest BCUT2D eigenvalue weighted by Gasteiger charge is -2.15. The fraction of sp³-hybridized carbons (Fsp3) is 0.850. The van der Waals surface area contributed by atoms with Crippen LogP contribution in [0, 0.1) is 29.6 Å². The van der Waals surface area contributed by atoms with Crippen LogP contribution in [0.15, 0.2) is 34.9 Å². The van der Waals surface area contributed by atoms with Crippen molar-refractivity contribution in [2.75, 3.05) is 0 Å². The first-order valence-electron chi connectivity index (χ1n) is 17.9. The third-order valence-corrected chi connectivity index (χ3v) is 9.17. The summed E-state index contributed by atoms with van der Waals surface area (Å²) in [5.41, 5.74) is 4.68. The van der Waals surface area contributed by atoms with Crippen molar-refractivity contribution in [3.8, 4) is 0 Å². The van der Waals surface area contributed by atoms with E-state index in [2.05, 4.69) is 87.5 Å². The summed E-state index contributed by atoms with van der Waals surface area (Å²) >= 11 is 0. The Hall–Kier alpha value is -0.780. The van der Waals surface area contributed by atoms with Gasteiger partial charge in [-0.2, -0.15) is 0 Å². The van der Waals surface area contributed by atoms with Gasteiger partial charge in [0.25, 0.3) is 0 Å². The molecule has 0 spiro atoms.